The lowest BCUT2D eigenvalue weighted by Crippen LogP contribution is -1.98. The van der Waals surface area contributed by atoms with Gasteiger partial charge in [0.15, 0.2) is 28.8 Å². The van der Waals surface area contributed by atoms with Gasteiger partial charge < -0.3 is 24.1 Å². The summed E-state index contributed by atoms with van der Waals surface area (Å²) in [5, 5.41) is 9.80. The van der Waals surface area contributed by atoms with Gasteiger partial charge in [-0.2, -0.15) is 0 Å². The lowest BCUT2D eigenvalue weighted by Gasteiger charge is -2.08. The number of carbonyl (C=O) groups excluding carboxylic acids is 1. The van der Waals surface area contributed by atoms with Gasteiger partial charge in [0.2, 0.25) is 11.5 Å². The van der Waals surface area contributed by atoms with Crippen LogP contribution < -0.4 is 18.9 Å². The van der Waals surface area contributed by atoms with Crippen LogP contribution in [0.25, 0.3) is 6.08 Å². The van der Waals surface area contributed by atoms with Crippen LogP contribution in [0.5, 0.6) is 28.7 Å². The number of phenolic OH excluding ortho intramolecular Hbond substituents is 1. The zero-order valence-electron chi connectivity index (χ0n) is 13.5. The minimum Gasteiger partial charge on any atom is -0.504 e. The molecule has 0 atom stereocenters. The van der Waals surface area contributed by atoms with Gasteiger partial charge in [-0.15, -0.1) is 0 Å². The van der Waals surface area contributed by atoms with Crippen LogP contribution in [0, 0.1) is 0 Å². The minimum absolute atomic E-state index is 0.0867. The Morgan fingerprint density at radius 3 is 2.42 bits per heavy atom. The number of rotatable bonds is 4. The number of allylic oxidation sites excluding steroid dienone is 1. The predicted octanol–water partition coefficient (Wildman–Crippen LogP) is 3.03. The van der Waals surface area contributed by atoms with Gasteiger partial charge in [-0.25, -0.2) is 0 Å². The first-order valence-electron chi connectivity index (χ1n) is 7.15. The maximum atomic E-state index is 12.5. The van der Waals surface area contributed by atoms with E-state index in [1.54, 1.807) is 31.4 Å². The van der Waals surface area contributed by atoms with Crippen molar-refractivity contribution in [3.8, 4) is 28.7 Å². The SMILES string of the molecule is COc1ccc(/C=C2\Oc3c(ccc(O)c3OC)C2=O)cc1OC. The molecule has 24 heavy (non-hydrogen) atoms. The van der Waals surface area contributed by atoms with Crippen molar-refractivity contribution in [2.75, 3.05) is 21.3 Å². The molecule has 6 heteroatoms. The van der Waals surface area contributed by atoms with E-state index < -0.39 is 0 Å². The summed E-state index contributed by atoms with van der Waals surface area (Å²) in [6.07, 6.45) is 1.60. The molecule has 124 valence electrons. The molecule has 1 heterocycles. The summed E-state index contributed by atoms with van der Waals surface area (Å²) in [6.45, 7) is 0. The van der Waals surface area contributed by atoms with E-state index in [-0.39, 0.29) is 28.8 Å². The average Bonchev–Trinajstić information content (AvgIpc) is 2.90. The number of benzene rings is 2. The maximum Gasteiger partial charge on any atom is 0.232 e. The monoisotopic (exact) mass is 328 g/mol. The molecule has 2 aromatic rings. The summed E-state index contributed by atoms with van der Waals surface area (Å²) < 4.78 is 21.2. The number of ether oxygens (including phenoxy) is 4. The topological polar surface area (TPSA) is 74.2 Å². The summed E-state index contributed by atoms with van der Waals surface area (Å²) in [5.74, 6) is 1.26. The number of fused-ring (bicyclic) bond motifs is 1. The smallest absolute Gasteiger partial charge is 0.232 e. The molecule has 0 radical (unpaired) electrons. The molecule has 0 unspecified atom stereocenters. The molecule has 0 spiro atoms. The van der Waals surface area contributed by atoms with Crippen LogP contribution in [-0.2, 0) is 0 Å². The molecule has 0 aromatic heterocycles. The Hall–Kier alpha value is -3.15. The summed E-state index contributed by atoms with van der Waals surface area (Å²) in [7, 11) is 4.49. The van der Waals surface area contributed by atoms with Gasteiger partial charge in [0.25, 0.3) is 0 Å². The second kappa shape index (κ2) is 6.16. The molecule has 2 aromatic carbocycles. The number of aromatic hydroxyl groups is 1. The van der Waals surface area contributed by atoms with Crippen LogP contribution in [0.1, 0.15) is 15.9 Å². The van der Waals surface area contributed by atoms with Gasteiger partial charge in [-0.1, -0.05) is 6.07 Å². The number of methoxy groups -OCH3 is 3. The second-order valence-corrected chi connectivity index (χ2v) is 5.05. The molecule has 0 saturated heterocycles. The van der Waals surface area contributed by atoms with Crippen LogP contribution in [0.3, 0.4) is 0 Å². The predicted molar refractivity (Wildman–Crippen MR) is 87.1 cm³/mol. The summed E-state index contributed by atoms with van der Waals surface area (Å²) in [6, 6.07) is 8.16. The number of hydrogen-bond donors (Lipinski definition) is 1. The first-order chi connectivity index (χ1) is 11.6. The van der Waals surface area contributed by atoms with Crippen molar-refractivity contribution >= 4 is 11.9 Å². The quantitative estimate of drug-likeness (QED) is 0.870. The first kappa shape index (κ1) is 15.7. The Morgan fingerprint density at radius 2 is 1.75 bits per heavy atom. The largest absolute Gasteiger partial charge is 0.504 e. The Bertz CT molecular complexity index is 838. The van der Waals surface area contributed by atoms with E-state index in [1.165, 1.54) is 26.4 Å². The standard InChI is InChI=1S/C18H16O6/c1-21-13-7-4-10(8-14(13)22-2)9-15-16(20)11-5-6-12(19)18(23-3)17(11)24-15/h4-9,19H,1-3H3/b15-9-. The van der Waals surface area contributed by atoms with E-state index >= 15 is 0 Å². The molecule has 0 amide bonds. The van der Waals surface area contributed by atoms with E-state index in [9.17, 15) is 9.90 Å². The van der Waals surface area contributed by atoms with Crippen molar-refractivity contribution in [1.29, 1.82) is 0 Å². The van der Waals surface area contributed by atoms with Gasteiger partial charge >= 0.3 is 0 Å². The Balaban J connectivity index is 2.00. The van der Waals surface area contributed by atoms with Gasteiger partial charge in [-0.3, -0.25) is 4.79 Å². The number of phenols is 1. The molecule has 0 bridgehead atoms. The third-order valence-electron chi connectivity index (χ3n) is 3.68. The van der Waals surface area contributed by atoms with Crippen LogP contribution in [0.2, 0.25) is 0 Å². The molecule has 0 fully saturated rings. The third-order valence-corrected chi connectivity index (χ3v) is 3.68. The molecule has 1 aliphatic rings. The van der Waals surface area contributed by atoms with Crippen LogP contribution in [0.15, 0.2) is 36.1 Å². The molecular weight excluding hydrogens is 312 g/mol. The molecule has 0 aliphatic carbocycles. The Morgan fingerprint density at radius 1 is 1.00 bits per heavy atom. The number of Topliss-reactive ketones (excluding diaryl/α,β-unsaturated/α-hetero) is 1. The van der Waals surface area contributed by atoms with E-state index in [2.05, 4.69) is 0 Å². The second-order valence-electron chi connectivity index (χ2n) is 5.05. The van der Waals surface area contributed by atoms with Gasteiger partial charge in [0, 0.05) is 0 Å². The Labute approximate surface area is 138 Å². The zero-order valence-corrected chi connectivity index (χ0v) is 13.5. The van der Waals surface area contributed by atoms with E-state index in [1.807, 2.05) is 0 Å². The van der Waals surface area contributed by atoms with Gasteiger partial charge in [-0.05, 0) is 35.9 Å². The molecule has 0 saturated carbocycles. The van der Waals surface area contributed by atoms with Crippen molar-refractivity contribution in [1.82, 2.24) is 0 Å². The highest BCUT2D eigenvalue weighted by Gasteiger charge is 2.31. The molecule has 1 aliphatic heterocycles. The minimum atomic E-state index is -0.280. The fourth-order valence-electron chi connectivity index (χ4n) is 2.51. The summed E-state index contributed by atoms with van der Waals surface area (Å²) in [5.41, 5.74) is 1.06. The molecule has 3 rings (SSSR count). The normalized spacial score (nSPS) is 14.3. The van der Waals surface area contributed by atoms with Crippen molar-refractivity contribution in [3.63, 3.8) is 0 Å². The van der Waals surface area contributed by atoms with Crippen LogP contribution in [0.4, 0.5) is 0 Å². The lowest BCUT2D eigenvalue weighted by atomic mass is 10.1. The van der Waals surface area contributed by atoms with Gasteiger partial charge in [0.1, 0.15) is 0 Å². The lowest BCUT2D eigenvalue weighted by molar-refractivity contribution is 0.101. The van der Waals surface area contributed by atoms with E-state index in [0.717, 1.165) is 0 Å². The highest BCUT2D eigenvalue weighted by molar-refractivity contribution is 6.15. The zero-order chi connectivity index (χ0) is 17.3. The fraction of sp³-hybridized carbons (Fsp3) is 0.167. The van der Waals surface area contributed by atoms with E-state index in [4.69, 9.17) is 18.9 Å². The van der Waals surface area contributed by atoms with Crippen LogP contribution >= 0.6 is 0 Å². The van der Waals surface area contributed by atoms with Crippen molar-refractivity contribution in [2.24, 2.45) is 0 Å². The third kappa shape index (κ3) is 2.52. The number of ketones is 1. The first-order valence-corrected chi connectivity index (χ1v) is 7.15. The van der Waals surface area contributed by atoms with Crippen molar-refractivity contribution < 1.29 is 28.8 Å². The highest BCUT2D eigenvalue weighted by Crippen LogP contribution is 2.45. The van der Waals surface area contributed by atoms with E-state index in [0.29, 0.717) is 22.6 Å². The summed E-state index contributed by atoms with van der Waals surface area (Å²) >= 11 is 0. The summed E-state index contributed by atoms with van der Waals surface area (Å²) in [4.78, 5) is 12.5. The number of carbonyl (C=O) groups is 1. The fourth-order valence-corrected chi connectivity index (χ4v) is 2.51. The number of hydrogen-bond acceptors (Lipinski definition) is 6. The maximum absolute atomic E-state index is 12.5. The van der Waals surface area contributed by atoms with Crippen molar-refractivity contribution in [2.45, 2.75) is 0 Å². The molecule has 1 N–H and O–H groups in total. The van der Waals surface area contributed by atoms with Crippen LogP contribution in [-0.4, -0.2) is 32.2 Å². The average molecular weight is 328 g/mol. The van der Waals surface area contributed by atoms with Gasteiger partial charge in [0.05, 0.1) is 26.9 Å². The Kier molecular flexibility index (Phi) is 4.04. The molecule has 6 nitrogen and oxygen atoms in total. The highest BCUT2D eigenvalue weighted by atomic mass is 16.5. The van der Waals surface area contributed by atoms with Crippen molar-refractivity contribution in [3.05, 3.63) is 47.2 Å². The molecular formula is C18H16O6.